The fourth-order valence-corrected chi connectivity index (χ4v) is 9.02. The summed E-state index contributed by atoms with van der Waals surface area (Å²) < 4.78 is 25.9. The number of nitrogens with one attached hydrogen (secondary N) is 2. The number of hydrogen-bond acceptors (Lipinski definition) is 12. The number of carbonyl (C=O) groups excluding carboxylic acids is 2. The zero-order valence-electron chi connectivity index (χ0n) is 38.7. The van der Waals surface area contributed by atoms with Crippen molar-refractivity contribution >= 4 is 117 Å². The van der Waals surface area contributed by atoms with E-state index in [-0.39, 0.29) is 44.0 Å². The number of amidine groups is 1. The molecule has 1 unspecified atom stereocenters. The number of alkyl halides is 1. The third-order valence-electron chi connectivity index (χ3n) is 10.8. The Labute approximate surface area is 419 Å². The van der Waals surface area contributed by atoms with E-state index in [0.29, 0.717) is 37.9 Å². The molecule has 6 N–H and O–H groups in total. The van der Waals surface area contributed by atoms with Crippen molar-refractivity contribution in [1.29, 1.82) is 0 Å². The number of thioether (sulfide) groups is 1. The highest BCUT2D eigenvalue weighted by atomic mass is 79.9. The minimum absolute atomic E-state index is 0. The summed E-state index contributed by atoms with van der Waals surface area (Å²) in [5.41, 5.74) is 16.6. The second-order valence-electron chi connectivity index (χ2n) is 15.9. The molecule has 7 rings (SSSR count). The molecule has 2 saturated heterocycles. The molecule has 0 amide bonds. The van der Waals surface area contributed by atoms with Crippen LogP contribution in [0.4, 0.5) is 42.5 Å². The van der Waals surface area contributed by atoms with E-state index in [1.165, 1.54) is 59.5 Å². The Morgan fingerprint density at radius 3 is 1.73 bits per heavy atom. The number of nitrogen functional groups attached to an aromatic ring is 1. The fraction of sp³-hybridized carbons (Fsp3) is 0.354. The third-order valence-corrected chi connectivity index (χ3v) is 13.1. The summed E-state index contributed by atoms with van der Waals surface area (Å²) in [5, 5.41) is 7.96. The van der Waals surface area contributed by atoms with Gasteiger partial charge < -0.3 is 31.9 Å². The fourth-order valence-electron chi connectivity index (χ4n) is 7.11. The van der Waals surface area contributed by atoms with Gasteiger partial charge in [-0.1, -0.05) is 70.2 Å². The minimum Gasteiger partial charge on any atom is -0.382 e. The summed E-state index contributed by atoms with van der Waals surface area (Å²) in [7, 11) is 0. The van der Waals surface area contributed by atoms with Crippen LogP contribution in [0.1, 0.15) is 60.2 Å². The molecular formula is C48H62BrF2N10O2PS3. The molecule has 0 aliphatic carbocycles. The van der Waals surface area contributed by atoms with Crippen LogP contribution in [0.25, 0.3) is 0 Å². The van der Waals surface area contributed by atoms with Crippen LogP contribution in [0.2, 0.25) is 0 Å². The average molecular weight is 1060 g/mol. The number of halogens is 3. The monoisotopic (exact) mass is 1050 g/mol. The van der Waals surface area contributed by atoms with Gasteiger partial charge >= 0.3 is 0 Å². The van der Waals surface area contributed by atoms with Crippen LogP contribution < -0.4 is 31.9 Å². The molecule has 0 saturated carbocycles. The van der Waals surface area contributed by atoms with E-state index in [0.717, 1.165) is 80.8 Å². The van der Waals surface area contributed by atoms with Crippen molar-refractivity contribution in [3.63, 3.8) is 0 Å². The van der Waals surface area contributed by atoms with Gasteiger partial charge in [0.05, 0.1) is 5.33 Å². The number of thiazole rings is 1. The maximum Gasteiger partial charge on any atom is 0.206 e. The number of hydrogen-bond donors (Lipinski definition) is 4. The van der Waals surface area contributed by atoms with E-state index in [4.69, 9.17) is 23.7 Å². The lowest BCUT2D eigenvalue weighted by Crippen LogP contribution is -2.48. The SMILES string of the molecule is CC(C)N1CCN(c2ccc(Nc3nc(N)c(C(=O)c4cccc(F)c4)s3)cc2)CC1.CCSC(N)=NC(=S)Nc1ccc(N2CCN(C(C)C)CC2)cc1.O=C(CBr)c1cccc(F)c1.P. The molecular weight excluding hydrogens is 994 g/mol. The van der Waals surface area contributed by atoms with Gasteiger partial charge in [0.15, 0.2) is 21.2 Å². The number of aliphatic imine (C=N–C) groups is 1. The Bertz CT molecular complexity index is 2390. The number of nitrogens with zero attached hydrogens (tertiary/aromatic N) is 6. The van der Waals surface area contributed by atoms with Crippen molar-refractivity contribution in [2.75, 3.05) is 89.6 Å². The highest BCUT2D eigenvalue weighted by molar-refractivity contribution is 9.09. The van der Waals surface area contributed by atoms with E-state index < -0.39 is 5.82 Å². The Balaban J connectivity index is 0.000000241. The molecule has 1 atom stereocenters. The van der Waals surface area contributed by atoms with Gasteiger partial charge in [0.25, 0.3) is 0 Å². The maximum atomic E-state index is 13.4. The molecule has 2 fully saturated rings. The number of rotatable bonds is 12. The standard InChI is InChI=1S/C23H26FN5OS.C17H27N5S2.C8H6BrFO.H3P/c1-15(2)28-10-12-29(13-11-28)19-8-6-18(7-9-19)26-23-27-22(25)21(31-23)20(30)16-4-3-5-17(24)14-16;1-4-24-16(18)20-17(23)19-14-5-7-15(8-6-14)22-11-9-21(10-12-22)13(2)3;9-5-8(11)6-2-1-3-7(10)4-6;/h3-9,14-15H,10-13,25H2,1-2H3,(H,26,27);5-8,13H,4,9-12H2,1-3H3,(H3,18,19,20,23);1-4H,5H2;1H3. The van der Waals surface area contributed by atoms with Gasteiger partial charge in [-0.15, -0.1) is 0 Å². The molecule has 3 heterocycles. The summed E-state index contributed by atoms with van der Waals surface area (Å²) in [4.78, 5) is 42.2. The van der Waals surface area contributed by atoms with Crippen molar-refractivity contribution in [3.05, 3.63) is 125 Å². The van der Waals surface area contributed by atoms with E-state index in [9.17, 15) is 18.4 Å². The van der Waals surface area contributed by atoms with Gasteiger partial charge in [0.2, 0.25) is 5.78 Å². The molecule has 19 heteroatoms. The summed E-state index contributed by atoms with van der Waals surface area (Å²) in [6, 6.07) is 28.9. The van der Waals surface area contributed by atoms with Gasteiger partial charge in [-0.05, 0) is 118 Å². The Kier molecular flexibility index (Phi) is 22.6. The van der Waals surface area contributed by atoms with Gasteiger partial charge in [-0.2, -0.15) is 14.9 Å². The van der Waals surface area contributed by atoms with Crippen LogP contribution in [0.3, 0.4) is 0 Å². The quantitative estimate of drug-likeness (QED) is 0.0235. The number of Topliss-reactive ketones (excluding diaryl/α,β-unsaturated/α-hetero) is 1. The van der Waals surface area contributed by atoms with Crippen LogP contribution in [-0.4, -0.2) is 112 Å². The van der Waals surface area contributed by atoms with Crippen LogP contribution in [0.15, 0.2) is 102 Å². The largest absolute Gasteiger partial charge is 0.382 e. The first-order chi connectivity index (χ1) is 31.6. The average Bonchev–Trinajstić information content (AvgIpc) is 3.68. The molecule has 1 aromatic heterocycles. The van der Waals surface area contributed by atoms with Gasteiger partial charge in [0.1, 0.15) is 22.3 Å². The van der Waals surface area contributed by atoms with Crippen molar-refractivity contribution in [2.24, 2.45) is 10.7 Å². The van der Waals surface area contributed by atoms with Crippen molar-refractivity contribution in [1.82, 2.24) is 14.8 Å². The second-order valence-corrected chi connectivity index (χ2v) is 19.1. The zero-order chi connectivity index (χ0) is 47.8. The molecule has 4 aromatic carbocycles. The van der Waals surface area contributed by atoms with Crippen LogP contribution in [0.5, 0.6) is 0 Å². The highest BCUT2D eigenvalue weighted by Crippen LogP contribution is 2.31. The molecule has 67 heavy (non-hydrogen) atoms. The maximum absolute atomic E-state index is 13.4. The second kappa shape index (κ2) is 27.4. The van der Waals surface area contributed by atoms with Crippen molar-refractivity contribution in [2.45, 2.75) is 46.7 Å². The summed E-state index contributed by atoms with van der Waals surface area (Å²) in [6.07, 6.45) is 0. The Hall–Kier alpha value is -4.55. The first-order valence-corrected chi connectivity index (χ1v) is 25.1. The van der Waals surface area contributed by atoms with Crippen molar-refractivity contribution in [3.8, 4) is 0 Å². The Morgan fingerprint density at radius 1 is 0.791 bits per heavy atom. The molecule has 0 bridgehead atoms. The molecule has 360 valence electrons. The molecule has 12 nitrogen and oxygen atoms in total. The highest BCUT2D eigenvalue weighted by Gasteiger charge is 2.21. The van der Waals surface area contributed by atoms with Crippen LogP contribution in [0, 0.1) is 11.6 Å². The molecule has 0 spiro atoms. The number of anilines is 6. The number of thiocarbonyl (C=S) groups is 1. The van der Waals surface area contributed by atoms with E-state index in [1.807, 2.05) is 31.2 Å². The zero-order valence-corrected chi connectivity index (χ0v) is 44.1. The smallest absolute Gasteiger partial charge is 0.206 e. The third kappa shape index (κ3) is 17.2. The van der Waals surface area contributed by atoms with Gasteiger partial charge in [0, 0.05) is 98.3 Å². The Morgan fingerprint density at radius 2 is 1.27 bits per heavy atom. The predicted molar refractivity (Wildman–Crippen MR) is 292 cm³/mol. The predicted octanol–water partition coefficient (Wildman–Crippen LogP) is 9.81. The van der Waals surface area contributed by atoms with Crippen molar-refractivity contribution < 1.29 is 18.4 Å². The topological polar surface area (TPSA) is 148 Å². The molecule has 2 aliphatic rings. The first-order valence-electron chi connectivity index (χ1n) is 21.8. The lowest BCUT2D eigenvalue weighted by molar-refractivity contribution is 0.102. The lowest BCUT2D eigenvalue weighted by Gasteiger charge is -2.38. The number of ketones is 2. The molecule has 5 aromatic rings. The lowest BCUT2D eigenvalue weighted by atomic mass is 10.1. The molecule has 2 aliphatic heterocycles. The van der Waals surface area contributed by atoms with Crippen LogP contribution in [-0.2, 0) is 0 Å². The van der Waals surface area contributed by atoms with Crippen LogP contribution >= 0.6 is 61.1 Å². The number of piperazine rings is 2. The van der Waals surface area contributed by atoms with E-state index >= 15 is 0 Å². The van der Waals surface area contributed by atoms with E-state index in [2.05, 4.69) is 108 Å². The van der Waals surface area contributed by atoms with Gasteiger partial charge in [-0.25, -0.2) is 13.8 Å². The molecule has 0 radical (unpaired) electrons. The minimum atomic E-state index is -0.460. The number of benzene rings is 4. The number of aromatic nitrogens is 1. The van der Waals surface area contributed by atoms with Gasteiger partial charge in [-0.3, -0.25) is 19.4 Å². The number of carbonyl (C=O) groups is 2. The number of nitrogens with two attached hydrogens (primary N) is 2. The summed E-state index contributed by atoms with van der Waals surface area (Å²) in [6.45, 7) is 19.5. The van der Waals surface area contributed by atoms with E-state index in [1.54, 1.807) is 12.1 Å². The first kappa shape index (κ1) is 55.0. The normalized spacial score (nSPS) is 14.3. The summed E-state index contributed by atoms with van der Waals surface area (Å²) in [5.74, 6) is -0.254. The summed E-state index contributed by atoms with van der Waals surface area (Å²) >= 11 is 10.9.